The van der Waals surface area contributed by atoms with Crippen LogP contribution >= 0.6 is 11.6 Å². The first kappa shape index (κ1) is 22.5. The molecule has 2 aliphatic rings. The van der Waals surface area contributed by atoms with Crippen LogP contribution in [0.25, 0.3) is 10.9 Å². The number of anilines is 1. The minimum Gasteiger partial charge on any atom is -0.372 e. The Morgan fingerprint density at radius 1 is 1.14 bits per heavy atom. The molecular formula is C27H19ClFN5O2. The fourth-order valence-corrected chi connectivity index (χ4v) is 4.75. The molecule has 0 N–H and O–H groups in total. The van der Waals surface area contributed by atoms with E-state index in [1.807, 2.05) is 24.3 Å². The molecule has 1 aliphatic heterocycles. The quantitative estimate of drug-likeness (QED) is 0.339. The van der Waals surface area contributed by atoms with Crippen LogP contribution in [0.3, 0.4) is 0 Å². The minimum atomic E-state index is -0.555. The van der Waals surface area contributed by atoms with E-state index in [0.29, 0.717) is 35.5 Å². The number of carbonyl (C=O) groups excluding carboxylic acids is 1. The number of nitrogens with zero attached hydrogens (tertiary/aromatic N) is 5. The van der Waals surface area contributed by atoms with Crippen LogP contribution in [0.1, 0.15) is 57.2 Å². The average molecular weight is 500 g/mol. The van der Waals surface area contributed by atoms with Gasteiger partial charge in [0.2, 0.25) is 0 Å². The summed E-state index contributed by atoms with van der Waals surface area (Å²) in [6.07, 6.45) is 5.12. The third-order valence-electron chi connectivity index (χ3n) is 6.53. The van der Waals surface area contributed by atoms with Gasteiger partial charge in [0.1, 0.15) is 22.9 Å². The summed E-state index contributed by atoms with van der Waals surface area (Å²) in [5.74, 6) is 0.136. The van der Waals surface area contributed by atoms with Crippen LogP contribution in [0, 0.1) is 17.1 Å². The Morgan fingerprint density at radius 2 is 1.92 bits per heavy atom. The molecule has 0 spiro atoms. The van der Waals surface area contributed by atoms with E-state index < -0.39 is 11.7 Å². The Hall–Kier alpha value is -3.93. The van der Waals surface area contributed by atoms with Gasteiger partial charge < -0.3 is 9.64 Å². The number of rotatable bonds is 5. The number of ether oxygens (including phenoxy) is 1. The number of amides is 1. The van der Waals surface area contributed by atoms with Crippen LogP contribution in [0.2, 0.25) is 5.15 Å². The number of hydrogen-bond donors (Lipinski definition) is 0. The molecule has 4 aromatic rings. The van der Waals surface area contributed by atoms with Gasteiger partial charge in [0.05, 0.1) is 42.1 Å². The molecule has 6 rings (SSSR count). The van der Waals surface area contributed by atoms with Crippen molar-refractivity contribution in [1.29, 1.82) is 5.26 Å². The maximum Gasteiger partial charge on any atom is 0.261 e. The fraction of sp³-hybridized carbons (Fsp3) is 0.222. The van der Waals surface area contributed by atoms with E-state index in [1.54, 1.807) is 0 Å². The Kier molecular flexibility index (Phi) is 5.59. The molecule has 0 unspecified atom stereocenters. The van der Waals surface area contributed by atoms with E-state index in [1.165, 1.54) is 29.4 Å². The molecule has 36 heavy (non-hydrogen) atoms. The fourth-order valence-electron chi connectivity index (χ4n) is 4.49. The molecule has 0 bridgehead atoms. The summed E-state index contributed by atoms with van der Waals surface area (Å²) in [6.45, 7) is 1.02. The van der Waals surface area contributed by atoms with E-state index in [4.69, 9.17) is 16.3 Å². The first-order valence-corrected chi connectivity index (χ1v) is 11.9. The summed E-state index contributed by atoms with van der Waals surface area (Å²) in [7, 11) is 0. The molecule has 0 atom stereocenters. The highest BCUT2D eigenvalue weighted by atomic mass is 35.5. The number of halogens is 2. The summed E-state index contributed by atoms with van der Waals surface area (Å²) < 4.78 is 19.4. The highest BCUT2D eigenvalue weighted by Crippen LogP contribution is 2.38. The normalized spacial score (nSPS) is 14.5. The van der Waals surface area contributed by atoms with E-state index in [0.717, 1.165) is 46.8 Å². The molecule has 2 aromatic heterocycles. The van der Waals surface area contributed by atoms with Crippen LogP contribution in [0.15, 0.2) is 48.8 Å². The minimum absolute atomic E-state index is 0.0517. The number of fused-ring (bicyclic) bond motifs is 3. The summed E-state index contributed by atoms with van der Waals surface area (Å²) >= 11 is 6.39. The molecule has 1 fully saturated rings. The molecule has 0 saturated heterocycles. The summed E-state index contributed by atoms with van der Waals surface area (Å²) in [5, 5.41) is 11.0. The van der Waals surface area contributed by atoms with Crippen LogP contribution in [0.5, 0.6) is 0 Å². The summed E-state index contributed by atoms with van der Waals surface area (Å²) in [5.41, 5.74) is 3.99. The monoisotopic (exact) mass is 499 g/mol. The lowest BCUT2D eigenvalue weighted by Crippen LogP contribution is -2.31. The lowest BCUT2D eigenvalue weighted by atomic mass is 10.0. The van der Waals surface area contributed by atoms with Crippen molar-refractivity contribution < 1.29 is 13.9 Å². The van der Waals surface area contributed by atoms with Gasteiger partial charge in [0.25, 0.3) is 5.91 Å². The van der Waals surface area contributed by atoms with E-state index in [2.05, 4.69) is 15.0 Å². The van der Waals surface area contributed by atoms with Gasteiger partial charge in [0.15, 0.2) is 0 Å². The van der Waals surface area contributed by atoms with Gasteiger partial charge in [0, 0.05) is 29.3 Å². The van der Waals surface area contributed by atoms with Crippen molar-refractivity contribution in [3.63, 3.8) is 0 Å². The average Bonchev–Trinajstić information content (AvgIpc) is 3.62. The third kappa shape index (κ3) is 4.06. The van der Waals surface area contributed by atoms with Gasteiger partial charge in [-0.1, -0.05) is 23.7 Å². The van der Waals surface area contributed by atoms with Gasteiger partial charge in [-0.15, -0.1) is 0 Å². The standard InChI is InChI=1S/C27H19ClFN5O2/c28-25-22-14-36-13-21(22)20-5-1-15(7-23(20)33-25)12-34(24-6-4-19(29)8-17(24)9-30)27(35)18-10-31-26(32-11-18)16-2-3-16/h1,4-8,10-11,16H,2-3,12-14H2. The molecule has 2 aromatic carbocycles. The van der Waals surface area contributed by atoms with Crippen molar-refractivity contribution >= 4 is 34.1 Å². The highest BCUT2D eigenvalue weighted by Gasteiger charge is 2.28. The maximum atomic E-state index is 13.9. The molecule has 178 valence electrons. The van der Waals surface area contributed by atoms with Crippen molar-refractivity contribution in [2.75, 3.05) is 4.90 Å². The number of carbonyl (C=O) groups is 1. The molecule has 1 aliphatic carbocycles. The van der Waals surface area contributed by atoms with E-state index >= 15 is 0 Å². The van der Waals surface area contributed by atoms with Crippen LogP contribution < -0.4 is 4.90 Å². The first-order chi connectivity index (χ1) is 17.5. The van der Waals surface area contributed by atoms with E-state index in [9.17, 15) is 14.4 Å². The Bertz CT molecular complexity index is 1560. The molecular weight excluding hydrogens is 481 g/mol. The van der Waals surface area contributed by atoms with E-state index in [-0.39, 0.29) is 17.7 Å². The Morgan fingerprint density at radius 3 is 2.67 bits per heavy atom. The maximum absolute atomic E-state index is 13.9. The van der Waals surface area contributed by atoms with Crippen LogP contribution in [0.4, 0.5) is 10.1 Å². The Labute approximate surface area is 211 Å². The predicted molar refractivity (Wildman–Crippen MR) is 131 cm³/mol. The molecule has 9 heteroatoms. The van der Waals surface area contributed by atoms with Crippen molar-refractivity contribution in [2.24, 2.45) is 0 Å². The van der Waals surface area contributed by atoms with Crippen molar-refractivity contribution in [2.45, 2.75) is 38.5 Å². The van der Waals surface area contributed by atoms with Crippen LogP contribution in [-0.2, 0) is 24.5 Å². The SMILES string of the molecule is N#Cc1cc(F)ccc1N(Cc1ccc2c3c(c(Cl)nc2c1)COC3)C(=O)c1cnc(C2CC2)nc1. The van der Waals surface area contributed by atoms with Crippen LogP contribution in [-0.4, -0.2) is 20.9 Å². The topological polar surface area (TPSA) is 92.0 Å². The van der Waals surface area contributed by atoms with Gasteiger partial charge in [-0.25, -0.2) is 19.3 Å². The second-order valence-corrected chi connectivity index (χ2v) is 9.33. The second kappa shape index (κ2) is 8.94. The third-order valence-corrected chi connectivity index (χ3v) is 6.84. The summed E-state index contributed by atoms with van der Waals surface area (Å²) in [6, 6.07) is 11.5. The lowest BCUT2D eigenvalue weighted by Gasteiger charge is -2.24. The highest BCUT2D eigenvalue weighted by molar-refractivity contribution is 6.30. The second-order valence-electron chi connectivity index (χ2n) is 8.97. The van der Waals surface area contributed by atoms with Gasteiger partial charge >= 0.3 is 0 Å². The number of nitriles is 1. The number of benzene rings is 2. The van der Waals surface area contributed by atoms with Gasteiger partial charge in [-0.2, -0.15) is 5.26 Å². The number of hydrogen-bond acceptors (Lipinski definition) is 6. The molecule has 1 saturated carbocycles. The molecule has 0 radical (unpaired) electrons. The van der Waals surface area contributed by atoms with Crippen molar-refractivity contribution in [3.8, 4) is 6.07 Å². The number of pyridine rings is 1. The summed E-state index contributed by atoms with van der Waals surface area (Å²) in [4.78, 5) is 28.4. The molecule has 1 amide bonds. The zero-order valence-corrected chi connectivity index (χ0v) is 19.8. The van der Waals surface area contributed by atoms with Gasteiger partial charge in [-0.05, 0) is 48.2 Å². The Balaban J connectivity index is 1.40. The predicted octanol–water partition coefficient (Wildman–Crippen LogP) is 5.44. The molecule has 7 nitrogen and oxygen atoms in total. The zero-order chi connectivity index (χ0) is 24.8. The van der Waals surface area contributed by atoms with Crippen molar-refractivity contribution in [1.82, 2.24) is 15.0 Å². The molecule has 3 heterocycles. The lowest BCUT2D eigenvalue weighted by molar-refractivity contribution is 0.0984. The smallest absolute Gasteiger partial charge is 0.261 e. The largest absolute Gasteiger partial charge is 0.372 e. The van der Waals surface area contributed by atoms with Gasteiger partial charge in [-0.3, -0.25) is 4.79 Å². The first-order valence-electron chi connectivity index (χ1n) is 11.5. The van der Waals surface area contributed by atoms with Crippen molar-refractivity contribution in [3.05, 3.63) is 93.4 Å². The number of aromatic nitrogens is 3. The zero-order valence-electron chi connectivity index (χ0n) is 19.0.